The lowest BCUT2D eigenvalue weighted by Gasteiger charge is -2.07. The zero-order chi connectivity index (χ0) is 16.1. The number of amides is 1. The molecule has 0 fully saturated rings. The molecule has 0 bridgehead atoms. The summed E-state index contributed by atoms with van der Waals surface area (Å²) in [5.74, 6) is -0.589. The molecule has 116 valence electrons. The number of carbonyl (C=O) groups is 2. The largest absolute Gasteiger partial charge is 0.478 e. The molecule has 2 aromatic rings. The minimum Gasteiger partial charge on any atom is -0.478 e. The van der Waals surface area contributed by atoms with Crippen molar-refractivity contribution in [2.24, 2.45) is 0 Å². The molecular weight excluding hydrogens is 282 g/mol. The van der Waals surface area contributed by atoms with Crippen molar-refractivity contribution in [3.63, 3.8) is 0 Å². The van der Waals surface area contributed by atoms with Gasteiger partial charge in [0.15, 0.2) is 5.76 Å². The molecule has 0 spiro atoms. The summed E-state index contributed by atoms with van der Waals surface area (Å²) in [5.41, 5.74) is 2.11. The van der Waals surface area contributed by atoms with Crippen molar-refractivity contribution in [2.75, 3.05) is 6.54 Å². The van der Waals surface area contributed by atoms with Gasteiger partial charge in [0.25, 0.3) is 5.91 Å². The Kier molecular flexibility index (Phi) is 4.99. The predicted octanol–water partition coefficient (Wildman–Crippen LogP) is 3.07. The summed E-state index contributed by atoms with van der Waals surface area (Å²) in [6.45, 7) is 4.47. The number of carbonyl (C=O) groups excluding carboxylic acids is 1. The van der Waals surface area contributed by atoms with Crippen LogP contribution in [0.15, 0.2) is 41.0 Å². The van der Waals surface area contributed by atoms with Crippen LogP contribution in [0, 0.1) is 0 Å². The monoisotopic (exact) mass is 301 g/mol. The molecule has 22 heavy (non-hydrogen) atoms. The van der Waals surface area contributed by atoms with Crippen LogP contribution in [0.4, 0.5) is 0 Å². The van der Waals surface area contributed by atoms with Crippen LogP contribution in [0.3, 0.4) is 0 Å². The zero-order valence-corrected chi connectivity index (χ0v) is 12.6. The Morgan fingerprint density at radius 1 is 1.18 bits per heavy atom. The number of hydrogen-bond acceptors (Lipinski definition) is 3. The van der Waals surface area contributed by atoms with Gasteiger partial charge >= 0.3 is 5.97 Å². The first-order chi connectivity index (χ1) is 10.5. The third kappa shape index (κ3) is 3.75. The van der Waals surface area contributed by atoms with Gasteiger partial charge in [0, 0.05) is 12.1 Å². The summed E-state index contributed by atoms with van der Waals surface area (Å²) >= 11 is 0. The van der Waals surface area contributed by atoms with E-state index in [4.69, 9.17) is 9.52 Å². The highest BCUT2D eigenvalue weighted by molar-refractivity contribution is 5.93. The van der Waals surface area contributed by atoms with Gasteiger partial charge in [-0.25, -0.2) is 4.79 Å². The zero-order valence-electron chi connectivity index (χ0n) is 12.6. The minimum absolute atomic E-state index is 0.225. The van der Waals surface area contributed by atoms with E-state index in [0.29, 0.717) is 18.7 Å². The van der Waals surface area contributed by atoms with Crippen LogP contribution in [0.1, 0.15) is 51.8 Å². The second-order valence-electron chi connectivity index (χ2n) is 5.37. The number of aromatic carboxylic acids is 1. The molecule has 2 rings (SSSR count). The summed E-state index contributed by atoms with van der Waals surface area (Å²) in [6.07, 6.45) is 2.15. The van der Waals surface area contributed by atoms with Crippen LogP contribution >= 0.6 is 0 Å². The minimum atomic E-state index is -0.945. The van der Waals surface area contributed by atoms with E-state index in [-0.39, 0.29) is 17.4 Å². The molecule has 0 aliphatic rings. The van der Waals surface area contributed by atoms with Gasteiger partial charge in [-0.2, -0.15) is 0 Å². The van der Waals surface area contributed by atoms with E-state index in [9.17, 15) is 9.59 Å². The molecule has 1 heterocycles. The molecule has 2 N–H and O–H groups in total. The molecule has 0 atom stereocenters. The van der Waals surface area contributed by atoms with E-state index in [1.807, 2.05) is 19.9 Å². The van der Waals surface area contributed by atoms with E-state index in [0.717, 1.165) is 11.1 Å². The van der Waals surface area contributed by atoms with Gasteiger partial charge in [-0.1, -0.05) is 26.0 Å². The number of rotatable bonds is 6. The Bertz CT molecular complexity index is 656. The molecule has 0 unspecified atom stereocenters. The Morgan fingerprint density at radius 3 is 2.45 bits per heavy atom. The van der Waals surface area contributed by atoms with Crippen molar-refractivity contribution in [3.05, 3.63) is 59.0 Å². The molecule has 0 saturated carbocycles. The smallest absolute Gasteiger partial charge is 0.335 e. The second kappa shape index (κ2) is 6.93. The molecule has 0 radical (unpaired) electrons. The maximum atomic E-state index is 12.1. The highest BCUT2D eigenvalue weighted by atomic mass is 16.4. The van der Waals surface area contributed by atoms with Gasteiger partial charge in [-0.3, -0.25) is 4.79 Å². The first-order valence-electron chi connectivity index (χ1n) is 7.17. The van der Waals surface area contributed by atoms with Gasteiger partial charge in [0.05, 0.1) is 11.8 Å². The van der Waals surface area contributed by atoms with E-state index < -0.39 is 5.97 Å². The first-order valence-corrected chi connectivity index (χ1v) is 7.17. The number of nitrogens with one attached hydrogen (secondary N) is 1. The summed E-state index contributed by atoms with van der Waals surface area (Å²) in [6, 6.07) is 8.43. The molecule has 1 aromatic carbocycles. The van der Waals surface area contributed by atoms with E-state index >= 15 is 0 Å². The van der Waals surface area contributed by atoms with Crippen LogP contribution in [-0.4, -0.2) is 23.5 Å². The molecule has 1 amide bonds. The SMILES string of the molecule is CC(C)c1ccoc1C(=O)NCCc1ccc(C(=O)O)cc1. The third-order valence-electron chi connectivity index (χ3n) is 3.42. The fraction of sp³-hybridized carbons (Fsp3) is 0.294. The number of hydrogen-bond donors (Lipinski definition) is 2. The van der Waals surface area contributed by atoms with Crippen molar-refractivity contribution in [1.82, 2.24) is 5.32 Å². The van der Waals surface area contributed by atoms with Crippen LogP contribution < -0.4 is 5.32 Å². The standard InChI is InChI=1S/C17H19NO4/c1-11(2)14-8-10-22-15(14)16(19)18-9-7-12-3-5-13(6-4-12)17(20)21/h3-6,8,10-11H,7,9H2,1-2H3,(H,18,19)(H,20,21). The molecular formula is C17H19NO4. The van der Waals surface area contributed by atoms with E-state index in [2.05, 4.69) is 5.32 Å². The van der Waals surface area contributed by atoms with Gasteiger partial charge in [0.1, 0.15) is 0 Å². The van der Waals surface area contributed by atoms with Crippen molar-refractivity contribution in [1.29, 1.82) is 0 Å². The average molecular weight is 301 g/mol. The molecule has 0 aliphatic heterocycles. The molecule has 1 aromatic heterocycles. The van der Waals surface area contributed by atoms with Crippen LogP contribution in [0.25, 0.3) is 0 Å². The van der Waals surface area contributed by atoms with Crippen molar-refractivity contribution >= 4 is 11.9 Å². The van der Waals surface area contributed by atoms with E-state index in [1.54, 1.807) is 24.3 Å². The lowest BCUT2D eigenvalue weighted by Crippen LogP contribution is -2.26. The maximum Gasteiger partial charge on any atom is 0.335 e. The Hall–Kier alpha value is -2.56. The van der Waals surface area contributed by atoms with Crippen LogP contribution in [0.5, 0.6) is 0 Å². The highest BCUT2D eigenvalue weighted by Crippen LogP contribution is 2.20. The van der Waals surface area contributed by atoms with Gasteiger partial charge in [-0.15, -0.1) is 0 Å². The van der Waals surface area contributed by atoms with Crippen LogP contribution in [-0.2, 0) is 6.42 Å². The summed E-state index contributed by atoms with van der Waals surface area (Å²) in [5, 5.41) is 11.7. The molecule has 5 heteroatoms. The van der Waals surface area contributed by atoms with Crippen molar-refractivity contribution in [3.8, 4) is 0 Å². The quantitative estimate of drug-likeness (QED) is 0.859. The third-order valence-corrected chi connectivity index (χ3v) is 3.42. The fourth-order valence-electron chi connectivity index (χ4n) is 2.17. The Balaban J connectivity index is 1.89. The predicted molar refractivity (Wildman–Crippen MR) is 82.2 cm³/mol. The topological polar surface area (TPSA) is 79.5 Å². The van der Waals surface area contributed by atoms with Crippen molar-refractivity contribution < 1.29 is 19.1 Å². The maximum absolute atomic E-state index is 12.1. The lowest BCUT2D eigenvalue weighted by molar-refractivity contribution is 0.0696. The van der Waals surface area contributed by atoms with Gasteiger partial charge in [-0.05, 0) is 36.1 Å². The molecule has 5 nitrogen and oxygen atoms in total. The Labute approximate surface area is 129 Å². The number of benzene rings is 1. The first kappa shape index (κ1) is 15.8. The number of carboxylic acid groups (broad SMARTS) is 1. The fourth-order valence-corrected chi connectivity index (χ4v) is 2.17. The summed E-state index contributed by atoms with van der Waals surface area (Å²) in [7, 11) is 0. The van der Waals surface area contributed by atoms with Crippen molar-refractivity contribution in [2.45, 2.75) is 26.2 Å². The average Bonchev–Trinajstić information content (AvgIpc) is 2.97. The van der Waals surface area contributed by atoms with E-state index in [1.165, 1.54) is 6.26 Å². The van der Waals surface area contributed by atoms with Gasteiger partial charge in [0.2, 0.25) is 0 Å². The summed E-state index contributed by atoms with van der Waals surface area (Å²) < 4.78 is 5.26. The van der Waals surface area contributed by atoms with Crippen LogP contribution in [0.2, 0.25) is 0 Å². The van der Waals surface area contributed by atoms with Gasteiger partial charge < -0.3 is 14.8 Å². The highest BCUT2D eigenvalue weighted by Gasteiger charge is 2.16. The molecule has 0 aliphatic carbocycles. The second-order valence-corrected chi connectivity index (χ2v) is 5.37. The molecule has 0 saturated heterocycles. The lowest BCUT2D eigenvalue weighted by atomic mass is 10.0. The normalized spacial score (nSPS) is 10.7. The Morgan fingerprint density at radius 2 is 1.86 bits per heavy atom. The number of furan rings is 1. The summed E-state index contributed by atoms with van der Waals surface area (Å²) in [4.78, 5) is 22.8. The number of carboxylic acids is 1.